The first-order valence-electron chi connectivity index (χ1n) is 6.99. The second-order valence-electron chi connectivity index (χ2n) is 4.75. The van der Waals surface area contributed by atoms with Crippen molar-refractivity contribution in [3.63, 3.8) is 0 Å². The van der Waals surface area contributed by atoms with Gasteiger partial charge in [0.2, 0.25) is 0 Å². The minimum atomic E-state index is -3.70. The summed E-state index contributed by atoms with van der Waals surface area (Å²) in [6.07, 6.45) is 0. The molecule has 0 saturated carbocycles. The van der Waals surface area contributed by atoms with Crippen molar-refractivity contribution in [1.29, 1.82) is 0 Å². The molecule has 0 aromatic heterocycles. The first-order chi connectivity index (χ1) is 9.37. The molecule has 0 amide bonds. The van der Waals surface area contributed by atoms with Gasteiger partial charge in [-0.15, -0.1) is 0 Å². The Labute approximate surface area is 116 Å². The Bertz CT molecular complexity index is 539. The Morgan fingerprint density at radius 1 is 1.21 bits per heavy atom. The Morgan fingerprint density at radius 3 is 2.37 bits per heavy atom. The van der Waals surface area contributed by atoms with Crippen molar-refractivity contribution in [2.45, 2.75) is 30.0 Å². The van der Waals surface area contributed by atoms with Crippen LogP contribution < -0.4 is 0 Å². The number of rotatable bonds is 4. The number of sulfone groups is 1. The van der Waals surface area contributed by atoms with Crippen LogP contribution in [0.25, 0.3) is 0 Å². The van der Waals surface area contributed by atoms with Crippen LogP contribution in [0.4, 0.5) is 0 Å². The molecule has 0 N–H and O–H groups in total. The minimum Gasteiger partial charge on any atom is -0.379 e. The van der Waals surface area contributed by atoms with Crippen molar-refractivity contribution in [3.8, 4) is 0 Å². The second-order valence-corrected chi connectivity index (χ2v) is 6.87. The van der Waals surface area contributed by atoms with Crippen LogP contribution >= 0.6 is 0 Å². The van der Waals surface area contributed by atoms with E-state index in [1.807, 2.05) is 4.90 Å². The maximum Gasteiger partial charge on any atom is 0.182 e. The van der Waals surface area contributed by atoms with Gasteiger partial charge in [0.1, 0.15) is 0 Å². The van der Waals surface area contributed by atoms with Crippen LogP contribution in [0.1, 0.15) is 15.2 Å². The van der Waals surface area contributed by atoms with Crippen LogP contribution in [0.3, 0.4) is 0 Å². The summed E-state index contributed by atoms with van der Waals surface area (Å²) in [5.41, 5.74) is 0. The fourth-order valence-electron chi connectivity index (χ4n) is 2.23. The lowest BCUT2D eigenvalue weighted by Gasteiger charge is -2.35. The van der Waals surface area contributed by atoms with Gasteiger partial charge in [-0.25, -0.2) is 8.42 Å². The molecule has 19 heavy (non-hydrogen) atoms. The van der Waals surface area contributed by atoms with Crippen LogP contribution in [0.15, 0.2) is 35.2 Å². The van der Waals surface area contributed by atoms with Crippen LogP contribution in [0, 0.1) is 0 Å². The Morgan fingerprint density at radius 2 is 1.79 bits per heavy atom. The zero-order chi connectivity index (χ0) is 14.8. The molecule has 1 aliphatic rings. The number of hydrogen-bond donors (Lipinski definition) is 0. The molecule has 1 saturated heterocycles. The SMILES string of the molecule is [2H]C(C)(C(C)N1CCOCC1)S(=O)(=O)c1ccccc1. The smallest absolute Gasteiger partial charge is 0.182 e. The summed E-state index contributed by atoms with van der Waals surface area (Å²) in [5, 5.41) is -1.59. The van der Waals surface area contributed by atoms with Crippen LogP contribution in [0.2, 0.25) is 0 Å². The third-order valence-electron chi connectivity index (χ3n) is 3.66. The highest BCUT2D eigenvalue weighted by atomic mass is 32.2. The van der Waals surface area contributed by atoms with E-state index in [1.165, 1.54) is 6.92 Å². The molecule has 1 aliphatic heterocycles. The topological polar surface area (TPSA) is 46.6 Å². The fourth-order valence-corrected chi connectivity index (χ4v) is 3.72. The summed E-state index contributed by atoms with van der Waals surface area (Å²) in [6, 6.07) is 7.84. The summed E-state index contributed by atoms with van der Waals surface area (Å²) in [5.74, 6) is 0. The molecule has 2 unspecified atom stereocenters. The van der Waals surface area contributed by atoms with Crippen LogP contribution in [-0.4, -0.2) is 50.9 Å². The molecule has 1 heterocycles. The lowest BCUT2D eigenvalue weighted by molar-refractivity contribution is 0.0202. The van der Waals surface area contributed by atoms with E-state index in [4.69, 9.17) is 6.11 Å². The molecule has 5 heteroatoms. The van der Waals surface area contributed by atoms with Gasteiger partial charge in [0, 0.05) is 20.5 Å². The standard InChI is InChI=1S/C14H21NO3S/c1-12(15-8-10-18-11-9-15)13(2)19(16,17)14-6-4-3-5-7-14/h3-7,12-13H,8-11H2,1-2H3/i13D. The molecule has 1 fully saturated rings. The highest BCUT2D eigenvalue weighted by Crippen LogP contribution is 2.21. The molecule has 0 radical (unpaired) electrons. The summed E-state index contributed by atoms with van der Waals surface area (Å²) in [4.78, 5) is 2.22. The largest absolute Gasteiger partial charge is 0.379 e. The fraction of sp³-hybridized carbons (Fsp3) is 0.571. The number of ether oxygens (including phenoxy) is 1. The van der Waals surface area contributed by atoms with Crippen molar-refractivity contribution < 1.29 is 14.5 Å². The maximum atomic E-state index is 12.7. The van der Waals surface area contributed by atoms with E-state index >= 15 is 0 Å². The highest BCUT2D eigenvalue weighted by molar-refractivity contribution is 7.92. The van der Waals surface area contributed by atoms with Crippen molar-refractivity contribution in [2.75, 3.05) is 26.3 Å². The quantitative estimate of drug-likeness (QED) is 0.842. The molecular weight excluding hydrogens is 262 g/mol. The zero-order valence-electron chi connectivity index (χ0n) is 12.4. The molecule has 1 aromatic carbocycles. The van der Waals surface area contributed by atoms with E-state index in [1.54, 1.807) is 37.3 Å². The van der Waals surface area contributed by atoms with E-state index in [0.717, 1.165) is 0 Å². The lowest BCUT2D eigenvalue weighted by atomic mass is 10.2. The van der Waals surface area contributed by atoms with Crippen molar-refractivity contribution in [2.24, 2.45) is 0 Å². The van der Waals surface area contributed by atoms with E-state index in [9.17, 15) is 8.42 Å². The van der Waals surface area contributed by atoms with Gasteiger partial charge in [0.25, 0.3) is 0 Å². The number of morpholine rings is 1. The third kappa shape index (κ3) is 3.16. The van der Waals surface area contributed by atoms with Crippen LogP contribution in [-0.2, 0) is 14.6 Å². The molecular formula is C14H21NO3S. The predicted molar refractivity (Wildman–Crippen MR) is 74.9 cm³/mol. The number of nitrogens with zero attached hydrogens (tertiary/aromatic N) is 1. The van der Waals surface area contributed by atoms with Crippen LogP contribution in [0.5, 0.6) is 0 Å². The second kappa shape index (κ2) is 6.03. The van der Waals surface area contributed by atoms with E-state index in [0.29, 0.717) is 26.3 Å². The molecule has 2 rings (SSSR count). The maximum absolute atomic E-state index is 12.7. The minimum absolute atomic E-state index is 0.206. The molecule has 0 bridgehead atoms. The molecule has 4 nitrogen and oxygen atoms in total. The monoisotopic (exact) mass is 284 g/mol. The summed E-state index contributed by atoms with van der Waals surface area (Å²) in [6.45, 7) is 5.80. The van der Waals surface area contributed by atoms with E-state index in [2.05, 4.69) is 0 Å². The molecule has 0 aliphatic carbocycles. The van der Waals surface area contributed by atoms with Gasteiger partial charge in [-0.3, -0.25) is 4.90 Å². The van der Waals surface area contributed by atoms with E-state index in [-0.39, 0.29) is 4.90 Å². The molecule has 2 atom stereocenters. The first-order valence-corrected chi connectivity index (χ1v) is 7.97. The average Bonchev–Trinajstić information content (AvgIpc) is 2.48. The molecule has 106 valence electrons. The van der Waals surface area contributed by atoms with Gasteiger partial charge in [-0.1, -0.05) is 18.2 Å². The van der Waals surface area contributed by atoms with Gasteiger partial charge in [-0.2, -0.15) is 0 Å². The Kier molecular flexibility index (Phi) is 4.15. The third-order valence-corrected chi connectivity index (χ3v) is 5.74. The van der Waals surface area contributed by atoms with Gasteiger partial charge in [0.15, 0.2) is 9.84 Å². The first kappa shape index (κ1) is 13.1. The van der Waals surface area contributed by atoms with Gasteiger partial charge in [-0.05, 0) is 26.0 Å². The molecule has 1 aromatic rings. The van der Waals surface area contributed by atoms with Crippen molar-refractivity contribution in [1.82, 2.24) is 4.90 Å². The summed E-state index contributed by atoms with van der Waals surface area (Å²) < 4.78 is 39.1. The highest BCUT2D eigenvalue weighted by Gasteiger charge is 2.32. The van der Waals surface area contributed by atoms with E-state index < -0.39 is 21.1 Å². The lowest BCUT2D eigenvalue weighted by Crippen LogP contribution is -2.48. The predicted octanol–water partition coefficient (Wildman–Crippen LogP) is 1.57. The Hall–Kier alpha value is -0.910. The number of hydrogen-bond acceptors (Lipinski definition) is 4. The summed E-state index contributed by atoms with van der Waals surface area (Å²) in [7, 11) is -3.70. The zero-order valence-corrected chi connectivity index (χ0v) is 12.2. The Balaban J connectivity index is 2.28. The summed E-state index contributed by atoms with van der Waals surface area (Å²) >= 11 is 0. The normalized spacial score (nSPS) is 23.4. The number of benzene rings is 1. The van der Waals surface area contributed by atoms with Gasteiger partial charge in [0.05, 0.1) is 23.3 Å². The van der Waals surface area contributed by atoms with Crippen molar-refractivity contribution >= 4 is 9.84 Å². The van der Waals surface area contributed by atoms with Crippen molar-refractivity contribution in [3.05, 3.63) is 30.3 Å². The molecule has 0 spiro atoms. The van der Waals surface area contributed by atoms with Gasteiger partial charge >= 0.3 is 0 Å². The van der Waals surface area contributed by atoms with Gasteiger partial charge < -0.3 is 4.74 Å². The average molecular weight is 284 g/mol.